The predicted octanol–water partition coefficient (Wildman–Crippen LogP) is 1.80. The number of nitrogens with zero attached hydrogens (tertiary/aromatic N) is 1. The third-order valence-corrected chi connectivity index (χ3v) is 4.23. The number of carbonyl (C=O) groups is 2. The fourth-order valence-corrected chi connectivity index (χ4v) is 2.83. The minimum Gasteiger partial charge on any atom is -0.460 e. The van der Waals surface area contributed by atoms with Gasteiger partial charge in [-0.25, -0.2) is 0 Å². The zero-order chi connectivity index (χ0) is 16.6. The van der Waals surface area contributed by atoms with Gasteiger partial charge in [0.25, 0.3) is 0 Å². The maximum absolute atomic E-state index is 12.3. The molecule has 21 heavy (non-hydrogen) atoms. The summed E-state index contributed by atoms with van der Waals surface area (Å²) in [6.07, 6.45) is 0. The molecule has 2 N–H and O–H groups in total. The van der Waals surface area contributed by atoms with Crippen LogP contribution in [0, 0.1) is 17.3 Å². The van der Waals surface area contributed by atoms with E-state index < -0.39 is 5.60 Å². The van der Waals surface area contributed by atoms with E-state index in [2.05, 4.69) is 13.8 Å². The second-order valence-corrected chi connectivity index (χ2v) is 7.93. The van der Waals surface area contributed by atoms with Crippen LogP contribution in [-0.4, -0.2) is 41.5 Å². The van der Waals surface area contributed by atoms with Crippen LogP contribution in [0.2, 0.25) is 0 Å². The van der Waals surface area contributed by atoms with Gasteiger partial charge in [0.05, 0.1) is 12.5 Å². The summed E-state index contributed by atoms with van der Waals surface area (Å²) in [6, 6.07) is 0.216. The van der Waals surface area contributed by atoms with Crippen LogP contribution in [0.5, 0.6) is 0 Å². The van der Waals surface area contributed by atoms with Crippen LogP contribution in [0.1, 0.15) is 48.5 Å². The average molecular weight is 298 g/mol. The van der Waals surface area contributed by atoms with Crippen LogP contribution in [0.3, 0.4) is 0 Å². The van der Waals surface area contributed by atoms with Crippen molar-refractivity contribution in [3.63, 3.8) is 0 Å². The minimum absolute atomic E-state index is 0.0902. The Labute approximate surface area is 128 Å². The van der Waals surface area contributed by atoms with E-state index in [1.165, 1.54) is 0 Å². The van der Waals surface area contributed by atoms with E-state index in [4.69, 9.17) is 10.5 Å². The Balaban J connectivity index is 2.71. The Morgan fingerprint density at radius 2 is 1.81 bits per heavy atom. The smallest absolute Gasteiger partial charge is 0.310 e. The average Bonchev–Trinajstić information content (AvgIpc) is 2.76. The number of hydrogen-bond donors (Lipinski definition) is 1. The van der Waals surface area contributed by atoms with E-state index in [1.54, 1.807) is 0 Å². The maximum Gasteiger partial charge on any atom is 0.310 e. The number of esters is 1. The van der Waals surface area contributed by atoms with Crippen LogP contribution in [0.4, 0.5) is 0 Å². The molecule has 1 saturated carbocycles. The summed E-state index contributed by atoms with van der Waals surface area (Å²) < 4.78 is 5.50. The lowest BCUT2D eigenvalue weighted by Crippen LogP contribution is -2.40. The molecule has 0 aliphatic heterocycles. The lowest BCUT2D eigenvalue weighted by molar-refractivity contribution is -0.157. The number of hydrogen-bond acceptors (Lipinski definition) is 4. The summed E-state index contributed by atoms with van der Waals surface area (Å²) in [5, 5.41) is 0. The lowest BCUT2D eigenvalue weighted by Gasteiger charge is -2.25. The van der Waals surface area contributed by atoms with Crippen LogP contribution in [-0.2, 0) is 14.3 Å². The molecule has 0 spiro atoms. The highest BCUT2D eigenvalue weighted by atomic mass is 16.6. The van der Waals surface area contributed by atoms with Crippen molar-refractivity contribution < 1.29 is 14.3 Å². The van der Waals surface area contributed by atoms with E-state index >= 15 is 0 Å². The molecule has 1 rings (SSSR count). The van der Waals surface area contributed by atoms with E-state index in [0.717, 1.165) is 0 Å². The van der Waals surface area contributed by atoms with Gasteiger partial charge in [-0.3, -0.25) is 14.5 Å². The number of carbonyl (C=O) groups excluding carboxylic acids is 2. The Bertz CT molecular complexity index is 410. The van der Waals surface area contributed by atoms with Gasteiger partial charge in [0, 0.05) is 12.6 Å². The van der Waals surface area contributed by atoms with E-state index in [0.29, 0.717) is 6.54 Å². The molecule has 5 heteroatoms. The van der Waals surface area contributed by atoms with Gasteiger partial charge in [-0.05, 0) is 46.0 Å². The molecule has 122 valence electrons. The molecule has 0 bridgehead atoms. The SMILES string of the molecule is CC(C)N(CC(N)=O)C[C@@H]1[C@@H](C(=O)OC(C)(C)C)C1(C)C. The zero-order valence-corrected chi connectivity index (χ0v) is 14.4. The Hall–Kier alpha value is -1.10. The van der Waals surface area contributed by atoms with Crippen LogP contribution < -0.4 is 5.73 Å². The largest absolute Gasteiger partial charge is 0.460 e. The fourth-order valence-electron chi connectivity index (χ4n) is 2.83. The standard InChI is InChI=1S/C16H30N2O3/c1-10(2)18(9-12(17)19)8-11-13(16(11,6)7)14(20)21-15(3,4)5/h10-11,13H,8-9H2,1-7H3,(H2,17,19)/t11-,13+/m1/s1. The molecule has 0 aromatic carbocycles. The van der Waals surface area contributed by atoms with Gasteiger partial charge < -0.3 is 10.5 Å². The van der Waals surface area contributed by atoms with Crippen molar-refractivity contribution in [2.24, 2.45) is 23.0 Å². The monoisotopic (exact) mass is 298 g/mol. The summed E-state index contributed by atoms with van der Waals surface area (Å²) in [5.41, 5.74) is 4.74. The van der Waals surface area contributed by atoms with Crippen LogP contribution >= 0.6 is 0 Å². The normalized spacial score (nSPS) is 24.2. The predicted molar refractivity (Wildman–Crippen MR) is 82.5 cm³/mol. The molecule has 0 unspecified atom stereocenters. The molecule has 1 aliphatic carbocycles. The van der Waals surface area contributed by atoms with Crippen LogP contribution in [0.15, 0.2) is 0 Å². The van der Waals surface area contributed by atoms with Crippen molar-refractivity contribution >= 4 is 11.9 Å². The van der Waals surface area contributed by atoms with Gasteiger partial charge in [-0.15, -0.1) is 0 Å². The molecule has 1 aliphatic rings. The molecule has 0 heterocycles. The number of ether oxygens (including phenoxy) is 1. The van der Waals surface area contributed by atoms with E-state index in [-0.39, 0.29) is 41.7 Å². The first-order chi connectivity index (χ1) is 9.36. The van der Waals surface area contributed by atoms with Crippen molar-refractivity contribution in [2.45, 2.75) is 60.1 Å². The van der Waals surface area contributed by atoms with Gasteiger partial charge in [-0.1, -0.05) is 13.8 Å². The van der Waals surface area contributed by atoms with Crippen molar-refractivity contribution in [1.82, 2.24) is 4.90 Å². The van der Waals surface area contributed by atoms with Gasteiger partial charge in [0.15, 0.2) is 0 Å². The number of amides is 1. The van der Waals surface area contributed by atoms with Crippen molar-refractivity contribution in [1.29, 1.82) is 0 Å². The molecule has 5 nitrogen and oxygen atoms in total. The van der Waals surface area contributed by atoms with Gasteiger partial charge in [0.1, 0.15) is 5.60 Å². The van der Waals surface area contributed by atoms with Crippen LogP contribution in [0.25, 0.3) is 0 Å². The number of rotatable bonds is 6. The zero-order valence-electron chi connectivity index (χ0n) is 14.4. The molecule has 2 atom stereocenters. The van der Waals surface area contributed by atoms with E-state index in [9.17, 15) is 9.59 Å². The van der Waals surface area contributed by atoms with E-state index in [1.807, 2.05) is 39.5 Å². The van der Waals surface area contributed by atoms with Gasteiger partial charge in [-0.2, -0.15) is 0 Å². The molecule has 0 aromatic heterocycles. The molecule has 0 saturated heterocycles. The van der Waals surface area contributed by atoms with Crippen molar-refractivity contribution in [3.8, 4) is 0 Å². The molecule has 1 amide bonds. The first kappa shape index (κ1) is 18.0. The third-order valence-electron chi connectivity index (χ3n) is 4.23. The Morgan fingerprint density at radius 3 is 2.19 bits per heavy atom. The highest BCUT2D eigenvalue weighted by molar-refractivity contribution is 5.78. The summed E-state index contributed by atoms with van der Waals surface area (Å²) in [5.74, 6) is -0.379. The summed E-state index contributed by atoms with van der Waals surface area (Å²) >= 11 is 0. The maximum atomic E-state index is 12.3. The second-order valence-electron chi connectivity index (χ2n) is 7.93. The molecule has 0 radical (unpaired) electrons. The highest BCUT2D eigenvalue weighted by Crippen LogP contribution is 2.59. The molecule has 1 fully saturated rings. The first-order valence-electron chi connectivity index (χ1n) is 7.61. The highest BCUT2D eigenvalue weighted by Gasteiger charge is 2.63. The summed E-state index contributed by atoms with van der Waals surface area (Å²) in [7, 11) is 0. The topological polar surface area (TPSA) is 72.6 Å². The van der Waals surface area contributed by atoms with Gasteiger partial charge in [0.2, 0.25) is 5.91 Å². The van der Waals surface area contributed by atoms with Crippen molar-refractivity contribution in [2.75, 3.05) is 13.1 Å². The minimum atomic E-state index is -0.467. The number of nitrogens with two attached hydrogens (primary N) is 1. The number of primary amides is 1. The first-order valence-corrected chi connectivity index (χ1v) is 7.61. The molecular formula is C16H30N2O3. The Morgan fingerprint density at radius 1 is 1.29 bits per heavy atom. The summed E-state index contributed by atoms with van der Waals surface area (Å²) in [4.78, 5) is 25.5. The third kappa shape index (κ3) is 4.70. The fraction of sp³-hybridized carbons (Fsp3) is 0.875. The summed E-state index contributed by atoms with van der Waals surface area (Å²) in [6.45, 7) is 14.8. The van der Waals surface area contributed by atoms with Crippen molar-refractivity contribution in [3.05, 3.63) is 0 Å². The van der Waals surface area contributed by atoms with Gasteiger partial charge >= 0.3 is 5.97 Å². The second kappa shape index (κ2) is 5.95. The molecular weight excluding hydrogens is 268 g/mol. The quantitative estimate of drug-likeness (QED) is 0.759. The lowest BCUT2D eigenvalue weighted by atomic mass is 10.1. The Kier molecular flexibility index (Phi) is 5.09. The molecule has 0 aromatic rings.